The summed E-state index contributed by atoms with van der Waals surface area (Å²) in [7, 11) is 0. The van der Waals surface area contributed by atoms with E-state index in [1.165, 1.54) is 0 Å². The van der Waals surface area contributed by atoms with E-state index in [0.29, 0.717) is 22.3 Å². The van der Waals surface area contributed by atoms with E-state index in [1.54, 1.807) is 18.2 Å². The molecule has 0 aliphatic heterocycles. The summed E-state index contributed by atoms with van der Waals surface area (Å²) in [4.78, 5) is 11.8. The van der Waals surface area contributed by atoms with Crippen LogP contribution in [0.15, 0.2) is 18.2 Å². The van der Waals surface area contributed by atoms with Crippen molar-refractivity contribution in [3.8, 4) is 0 Å². The molecule has 3 N–H and O–H groups in total. The average molecular weight is 275 g/mol. The number of carbonyl (C=O) groups is 1. The summed E-state index contributed by atoms with van der Waals surface area (Å²) in [6.45, 7) is 2.46. The molecule has 1 rings (SSSR count). The first kappa shape index (κ1) is 14.3. The molecule has 1 unspecified atom stereocenters. The van der Waals surface area contributed by atoms with Crippen LogP contribution in [0.25, 0.3) is 0 Å². The summed E-state index contributed by atoms with van der Waals surface area (Å²) in [5, 5.41) is 3.78. The molecule has 3 nitrogen and oxygen atoms in total. The highest BCUT2D eigenvalue weighted by Gasteiger charge is 2.13. The Kier molecular flexibility index (Phi) is 5.75. The van der Waals surface area contributed by atoms with Crippen molar-refractivity contribution >= 4 is 34.8 Å². The Morgan fingerprint density at radius 2 is 2.18 bits per heavy atom. The Morgan fingerprint density at radius 1 is 1.47 bits per heavy atom. The molecule has 0 aliphatic rings. The molecule has 1 aromatic carbocycles. The van der Waals surface area contributed by atoms with Crippen LogP contribution in [0.3, 0.4) is 0 Å². The quantitative estimate of drug-likeness (QED) is 0.866. The Labute approximate surface area is 111 Å². The van der Waals surface area contributed by atoms with Crippen LogP contribution in [0.2, 0.25) is 10.0 Å². The largest absolute Gasteiger partial charge is 0.330 e. The topological polar surface area (TPSA) is 55.1 Å². The molecule has 0 aliphatic carbocycles. The fraction of sp³-hybridized carbons (Fsp3) is 0.417. The van der Waals surface area contributed by atoms with E-state index in [0.717, 1.165) is 12.8 Å². The first-order valence-corrected chi connectivity index (χ1v) is 6.26. The van der Waals surface area contributed by atoms with E-state index >= 15 is 0 Å². The zero-order valence-corrected chi connectivity index (χ0v) is 11.2. The second kappa shape index (κ2) is 6.84. The summed E-state index contributed by atoms with van der Waals surface area (Å²) in [5.41, 5.74) is 5.95. The number of rotatable bonds is 5. The number of hydrogen-bond acceptors (Lipinski definition) is 2. The molecular formula is C12H16Cl2N2O. The molecule has 1 amide bonds. The maximum atomic E-state index is 11.8. The molecular weight excluding hydrogens is 259 g/mol. The lowest BCUT2D eigenvalue weighted by Crippen LogP contribution is -2.21. The lowest BCUT2D eigenvalue weighted by molar-refractivity contribution is -0.119. The van der Waals surface area contributed by atoms with E-state index in [4.69, 9.17) is 28.9 Å². The van der Waals surface area contributed by atoms with Crippen LogP contribution in [0.1, 0.15) is 19.8 Å². The van der Waals surface area contributed by atoms with Gasteiger partial charge < -0.3 is 11.1 Å². The van der Waals surface area contributed by atoms with Gasteiger partial charge in [-0.15, -0.1) is 0 Å². The second-order valence-electron chi connectivity index (χ2n) is 3.95. The van der Waals surface area contributed by atoms with Gasteiger partial charge in [0.25, 0.3) is 0 Å². The van der Waals surface area contributed by atoms with Crippen molar-refractivity contribution in [3.05, 3.63) is 28.2 Å². The third-order valence-corrected chi connectivity index (χ3v) is 3.04. The molecule has 0 bridgehead atoms. The lowest BCUT2D eigenvalue weighted by Gasteiger charge is -2.12. The number of hydrogen-bond donors (Lipinski definition) is 2. The number of amides is 1. The van der Waals surface area contributed by atoms with Crippen molar-refractivity contribution in [2.45, 2.75) is 19.8 Å². The highest BCUT2D eigenvalue weighted by atomic mass is 35.5. The van der Waals surface area contributed by atoms with Crippen molar-refractivity contribution in [1.82, 2.24) is 0 Å². The average Bonchev–Trinajstić information content (AvgIpc) is 2.30. The normalized spacial score (nSPS) is 12.2. The van der Waals surface area contributed by atoms with Gasteiger partial charge in [-0.1, -0.05) is 30.1 Å². The number of nitrogens with two attached hydrogens (primary N) is 1. The molecule has 0 saturated heterocycles. The first-order chi connectivity index (χ1) is 8.04. The lowest BCUT2D eigenvalue weighted by atomic mass is 10.0. The molecule has 0 fully saturated rings. The molecule has 17 heavy (non-hydrogen) atoms. The van der Waals surface area contributed by atoms with Gasteiger partial charge in [-0.3, -0.25) is 4.79 Å². The number of benzene rings is 1. The number of anilines is 1. The van der Waals surface area contributed by atoms with E-state index in [1.807, 2.05) is 6.92 Å². The third kappa shape index (κ3) is 4.54. The number of halogens is 2. The number of nitrogens with one attached hydrogen (secondary N) is 1. The molecule has 0 aromatic heterocycles. The predicted octanol–water partition coefficient (Wildman–Crippen LogP) is 3.31. The predicted molar refractivity (Wildman–Crippen MR) is 72.5 cm³/mol. The molecule has 0 radical (unpaired) electrons. The van der Waals surface area contributed by atoms with Crippen LogP contribution >= 0.6 is 23.2 Å². The Balaban J connectivity index is 2.64. The van der Waals surface area contributed by atoms with E-state index in [2.05, 4.69) is 5.32 Å². The van der Waals surface area contributed by atoms with Crippen LogP contribution in [0.4, 0.5) is 5.69 Å². The summed E-state index contributed by atoms with van der Waals surface area (Å²) in [6, 6.07) is 4.97. The molecule has 1 atom stereocenters. The van der Waals surface area contributed by atoms with Crippen molar-refractivity contribution in [1.29, 1.82) is 0 Å². The highest BCUT2D eigenvalue weighted by molar-refractivity contribution is 6.35. The maximum absolute atomic E-state index is 11.8. The van der Waals surface area contributed by atoms with Gasteiger partial charge in [-0.25, -0.2) is 0 Å². The fourth-order valence-corrected chi connectivity index (χ4v) is 1.74. The third-order valence-electron chi connectivity index (χ3n) is 2.48. The molecule has 0 spiro atoms. The monoisotopic (exact) mass is 274 g/mol. The zero-order chi connectivity index (χ0) is 12.8. The zero-order valence-electron chi connectivity index (χ0n) is 9.67. The van der Waals surface area contributed by atoms with Gasteiger partial charge >= 0.3 is 0 Å². The minimum atomic E-state index is -0.0893. The molecule has 1 aromatic rings. The first-order valence-electron chi connectivity index (χ1n) is 5.50. The number of carbonyl (C=O) groups excluding carboxylic acids is 1. The maximum Gasteiger partial charge on any atom is 0.227 e. The minimum Gasteiger partial charge on any atom is -0.330 e. The van der Waals surface area contributed by atoms with Gasteiger partial charge in [-0.05, 0) is 37.6 Å². The molecule has 0 saturated carbocycles. The SMILES string of the molecule is CC(CCCN)C(=O)Nc1cc(Cl)ccc1Cl. The Hall–Kier alpha value is -0.770. The smallest absolute Gasteiger partial charge is 0.227 e. The van der Waals surface area contributed by atoms with Crippen LogP contribution in [0, 0.1) is 5.92 Å². The highest BCUT2D eigenvalue weighted by Crippen LogP contribution is 2.26. The van der Waals surface area contributed by atoms with Gasteiger partial charge in [0.1, 0.15) is 0 Å². The second-order valence-corrected chi connectivity index (χ2v) is 4.79. The van der Waals surface area contributed by atoms with Gasteiger partial charge in [0.2, 0.25) is 5.91 Å². The summed E-state index contributed by atoms with van der Waals surface area (Å²) >= 11 is 11.8. The van der Waals surface area contributed by atoms with Crippen LogP contribution in [-0.4, -0.2) is 12.5 Å². The summed E-state index contributed by atoms with van der Waals surface area (Å²) in [5.74, 6) is -0.156. The summed E-state index contributed by atoms with van der Waals surface area (Å²) in [6.07, 6.45) is 1.60. The molecule has 0 heterocycles. The summed E-state index contributed by atoms with van der Waals surface area (Å²) < 4.78 is 0. The van der Waals surface area contributed by atoms with Crippen molar-refractivity contribution in [2.24, 2.45) is 11.7 Å². The van der Waals surface area contributed by atoms with Crippen molar-refractivity contribution < 1.29 is 4.79 Å². The Morgan fingerprint density at radius 3 is 2.82 bits per heavy atom. The van der Waals surface area contributed by atoms with Gasteiger partial charge in [-0.2, -0.15) is 0 Å². The van der Waals surface area contributed by atoms with E-state index in [-0.39, 0.29) is 11.8 Å². The van der Waals surface area contributed by atoms with Gasteiger partial charge in [0, 0.05) is 10.9 Å². The molecule has 94 valence electrons. The van der Waals surface area contributed by atoms with Crippen molar-refractivity contribution in [3.63, 3.8) is 0 Å². The van der Waals surface area contributed by atoms with Crippen molar-refractivity contribution in [2.75, 3.05) is 11.9 Å². The molecule has 5 heteroatoms. The fourth-order valence-electron chi connectivity index (χ4n) is 1.40. The Bertz CT molecular complexity index is 396. The van der Waals surface area contributed by atoms with Crippen LogP contribution in [-0.2, 0) is 4.79 Å². The van der Waals surface area contributed by atoms with Gasteiger partial charge in [0.05, 0.1) is 10.7 Å². The van der Waals surface area contributed by atoms with Crippen LogP contribution in [0.5, 0.6) is 0 Å². The minimum absolute atomic E-state index is 0.0670. The van der Waals surface area contributed by atoms with Crippen LogP contribution < -0.4 is 11.1 Å². The standard InChI is InChI=1S/C12H16Cl2N2O/c1-8(3-2-6-15)12(17)16-11-7-9(13)4-5-10(11)14/h4-5,7-8H,2-3,6,15H2,1H3,(H,16,17). The van der Waals surface area contributed by atoms with E-state index < -0.39 is 0 Å². The van der Waals surface area contributed by atoms with E-state index in [9.17, 15) is 4.79 Å². The van der Waals surface area contributed by atoms with Gasteiger partial charge in [0.15, 0.2) is 0 Å².